The zero-order chi connectivity index (χ0) is 24.4. The van der Waals surface area contributed by atoms with Crippen molar-refractivity contribution in [2.24, 2.45) is 20.8 Å². The number of carbonyl (C=O) groups is 1. The van der Waals surface area contributed by atoms with Gasteiger partial charge in [-0.25, -0.2) is 4.99 Å². The number of allylic oxidation sites excluding steroid dienone is 9. The van der Waals surface area contributed by atoms with E-state index < -0.39 is 4.92 Å². The Kier molecular flexibility index (Phi) is 6.58. The summed E-state index contributed by atoms with van der Waals surface area (Å²) < 4.78 is 0. The molecule has 0 radical (unpaired) electrons. The first-order valence-electron chi connectivity index (χ1n) is 10.8. The van der Waals surface area contributed by atoms with Crippen molar-refractivity contribution in [3.05, 3.63) is 93.8 Å². The number of carbonyl (C=O) groups excluding carboxylic acids is 1. The van der Waals surface area contributed by atoms with Gasteiger partial charge in [0.25, 0.3) is 5.69 Å². The predicted molar refractivity (Wildman–Crippen MR) is 134 cm³/mol. The van der Waals surface area contributed by atoms with Gasteiger partial charge in [0.2, 0.25) is 0 Å². The Bertz CT molecular complexity index is 1140. The van der Waals surface area contributed by atoms with Gasteiger partial charge in [0, 0.05) is 29.5 Å². The van der Waals surface area contributed by atoms with Crippen molar-refractivity contribution in [3.63, 3.8) is 0 Å². The molecule has 170 valence electrons. The van der Waals surface area contributed by atoms with E-state index in [-0.39, 0.29) is 22.3 Å². The van der Waals surface area contributed by atoms with Crippen LogP contribution in [0.4, 0.5) is 11.4 Å². The Morgan fingerprint density at radius 1 is 0.818 bits per heavy atom. The normalized spacial score (nSPS) is 16.4. The summed E-state index contributed by atoms with van der Waals surface area (Å²) in [4.78, 5) is 32.4. The number of benzene rings is 1. The van der Waals surface area contributed by atoms with Crippen LogP contribution in [0.2, 0.25) is 0 Å². The molecule has 33 heavy (non-hydrogen) atoms. The van der Waals surface area contributed by atoms with E-state index in [0.29, 0.717) is 5.69 Å². The second-order valence-corrected chi connectivity index (χ2v) is 10.1. The van der Waals surface area contributed by atoms with Crippen LogP contribution in [0.5, 0.6) is 0 Å². The minimum Gasteiger partial charge on any atom is -0.289 e. The average Bonchev–Trinajstić information content (AvgIpc) is 2.72. The molecule has 6 heteroatoms. The van der Waals surface area contributed by atoms with Gasteiger partial charge in [0.1, 0.15) is 0 Å². The van der Waals surface area contributed by atoms with E-state index in [2.05, 4.69) is 9.98 Å². The molecule has 1 aromatic rings. The summed E-state index contributed by atoms with van der Waals surface area (Å²) in [6.07, 6.45) is 13.0. The van der Waals surface area contributed by atoms with E-state index >= 15 is 0 Å². The molecule has 2 aliphatic carbocycles. The largest absolute Gasteiger partial charge is 0.289 e. The molecule has 0 fully saturated rings. The molecule has 2 aliphatic rings. The lowest BCUT2D eigenvalue weighted by Crippen LogP contribution is -2.27. The molecular weight excluding hydrogens is 414 g/mol. The summed E-state index contributed by atoms with van der Waals surface area (Å²) in [7, 11) is 0. The van der Waals surface area contributed by atoms with Crippen LogP contribution >= 0.6 is 0 Å². The van der Waals surface area contributed by atoms with Crippen molar-refractivity contribution in [1.29, 1.82) is 0 Å². The van der Waals surface area contributed by atoms with Crippen molar-refractivity contribution >= 4 is 28.6 Å². The number of hydrogen-bond acceptors (Lipinski definition) is 5. The number of Topliss-reactive ketones (excluding diaryl/α,β-unsaturated/α-hetero) is 1. The summed E-state index contributed by atoms with van der Waals surface area (Å²) in [5.41, 5.74) is 4.10. The lowest BCUT2D eigenvalue weighted by Gasteiger charge is -2.31. The molecule has 0 bridgehead atoms. The third-order valence-electron chi connectivity index (χ3n) is 5.26. The maximum Gasteiger partial charge on any atom is 0.269 e. The van der Waals surface area contributed by atoms with Gasteiger partial charge >= 0.3 is 0 Å². The Morgan fingerprint density at radius 2 is 1.30 bits per heavy atom. The highest BCUT2D eigenvalue weighted by Gasteiger charge is 2.33. The number of ketones is 1. The van der Waals surface area contributed by atoms with Crippen LogP contribution in [-0.4, -0.2) is 22.1 Å². The third-order valence-corrected chi connectivity index (χ3v) is 5.26. The van der Waals surface area contributed by atoms with Crippen LogP contribution in [-0.2, 0) is 4.79 Å². The molecule has 0 unspecified atom stereocenters. The maximum absolute atomic E-state index is 13.0. The van der Waals surface area contributed by atoms with Crippen molar-refractivity contribution < 1.29 is 9.72 Å². The minimum absolute atomic E-state index is 0.0351. The number of rotatable bonds is 3. The zero-order valence-electron chi connectivity index (χ0n) is 19.9. The number of hydrogen-bond donors (Lipinski definition) is 0. The van der Waals surface area contributed by atoms with Crippen LogP contribution in [0.15, 0.2) is 93.6 Å². The fraction of sp³-hybridized carbons (Fsp3) is 0.296. The van der Waals surface area contributed by atoms with Gasteiger partial charge in [-0.3, -0.25) is 19.9 Å². The Morgan fingerprint density at radius 3 is 1.76 bits per heavy atom. The fourth-order valence-corrected chi connectivity index (χ4v) is 3.40. The van der Waals surface area contributed by atoms with Gasteiger partial charge in [0.05, 0.1) is 22.0 Å². The van der Waals surface area contributed by atoms with Gasteiger partial charge in [-0.2, -0.15) is 0 Å². The first kappa shape index (κ1) is 24.0. The summed E-state index contributed by atoms with van der Waals surface area (Å²) in [5.74, 6) is 0.101. The molecular formula is C27H29N3O3. The molecule has 0 atom stereocenters. The van der Waals surface area contributed by atoms with Gasteiger partial charge in [-0.05, 0) is 65.0 Å². The van der Waals surface area contributed by atoms with Crippen molar-refractivity contribution in [2.45, 2.75) is 41.5 Å². The standard InChI is InChI=1S/C27H29N3O3/c1-26(2,3)23-15-18(16-24(25(23)31)27(4,5)6)17-28-19-7-9-20(10-8-19)29-21-11-13-22(14-12-21)30(32)33/h7-17H,1-6H3. The van der Waals surface area contributed by atoms with E-state index in [1.165, 1.54) is 12.1 Å². The summed E-state index contributed by atoms with van der Waals surface area (Å²) in [6.45, 7) is 12.3. The van der Waals surface area contributed by atoms with Crippen LogP contribution in [0, 0.1) is 20.9 Å². The van der Waals surface area contributed by atoms with Crippen LogP contribution in [0.1, 0.15) is 41.5 Å². The molecule has 0 saturated carbocycles. The highest BCUT2D eigenvalue weighted by Crippen LogP contribution is 2.38. The Hall–Kier alpha value is -3.67. The van der Waals surface area contributed by atoms with E-state index in [1.807, 2.05) is 78.0 Å². The van der Waals surface area contributed by atoms with Gasteiger partial charge in [-0.1, -0.05) is 41.5 Å². The van der Waals surface area contributed by atoms with Gasteiger partial charge in [0.15, 0.2) is 5.78 Å². The lowest BCUT2D eigenvalue weighted by atomic mass is 9.72. The number of nitro benzene ring substituents is 1. The molecule has 0 heterocycles. The number of nitrogens with zero attached hydrogens (tertiary/aromatic N) is 3. The molecule has 0 aromatic heterocycles. The lowest BCUT2D eigenvalue weighted by molar-refractivity contribution is -0.384. The van der Waals surface area contributed by atoms with Crippen molar-refractivity contribution in [3.8, 4) is 0 Å². The molecule has 6 nitrogen and oxygen atoms in total. The van der Waals surface area contributed by atoms with E-state index in [4.69, 9.17) is 0 Å². The van der Waals surface area contributed by atoms with Crippen molar-refractivity contribution in [2.75, 3.05) is 0 Å². The molecule has 3 rings (SSSR count). The maximum atomic E-state index is 13.0. The molecule has 0 amide bonds. The Labute approximate surface area is 194 Å². The second kappa shape index (κ2) is 9.06. The number of aliphatic imine (C=N–C) groups is 2. The smallest absolute Gasteiger partial charge is 0.269 e. The molecule has 0 spiro atoms. The highest BCUT2D eigenvalue weighted by molar-refractivity contribution is 6.19. The number of nitro groups is 1. The molecule has 0 saturated heterocycles. The van der Waals surface area contributed by atoms with E-state index in [0.717, 1.165) is 28.1 Å². The first-order chi connectivity index (χ1) is 15.3. The summed E-state index contributed by atoms with van der Waals surface area (Å²) in [5, 5.41) is 10.8. The highest BCUT2D eigenvalue weighted by atomic mass is 16.6. The summed E-state index contributed by atoms with van der Waals surface area (Å²) in [6, 6.07) is 6.09. The molecule has 1 aromatic carbocycles. The van der Waals surface area contributed by atoms with Gasteiger partial charge in [-0.15, -0.1) is 0 Å². The quantitative estimate of drug-likeness (QED) is 0.298. The van der Waals surface area contributed by atoms with Crippen molar-refractivity contribution in [1.82, 2.24) is 0 Å². The molecule has 0 aliphatic heterocycles. The van der Waals surface area contributed by atoms with E-state index in [9.17, 15) is 14.9 Å². The third kappa shape index (κ3) is 5.98. The second-order valence-electron chi connectivity index (χ2n) is 10.1. The van der Waals surface area contributed by atoms with Crippen LogP contribution in [0.25, 0.3) is 0 Å². The van der Waals surface area contributed by atoms with Crippen LogP contribution in [0.3, 0.4) is 0 Å². The summed E-state index contributed by atoms with van der Waals surface area (Å²) >= 11 is 0. The average molecular weight is 444 g/mol. The monoisotopic (exact) mass is 443 g/mol. The number of non-ortho nitro benzene ring substituents is 1. The predicted octanol–water partition coefficient (Wildman–Crippen LogP) is 6.65. The SMILES string of the molecule is CC(C)(C)C1=CC(=CN=C2C=CC(=Nc3ccc([N+](=O)[O-])cc3)C=C2)C=C(C(C)(C)C)C1=O. The van der Waals surface area contributed by atoms with E-state index in [1.54, 1.807) is 18.3 Å². The van der Waals surface area contributed by atoms with Gasteiger partial charge < -0.3 is 0 Å². The topological polar surface area (TPSA) is 84.9 Å². The zero-order valence-corrected chi connectivity index (χ0v) is 19.9. The molecule has 0 N–H and O–H groups in total. The minimum atomic E-state index is -0.434. The fourth-order valence-electron chi connectivity index (χ4n) is 3.40. The Balaban J connectivity index is 1.84. The first-order valence-corrected chi connectivity index (χ1v) is 10.8. The van der Waals surface area contributed by atoms with Crippen LogP contribution < -0.4 is 0 Å².